The first-order valence-corrected chi connectivity index (χ1v) is 10.1. The summed E-state index contributed by atoms with van der Waals surface area (Å²) in [5.41, 5.74) is 1.88. The quantitative estimate of drug-likeness (QED) is 0.832. The Labute approximate surface area is 146 Å². The van der Waals surface area contributed by atoms with Gasteiger partial charge in [-0.15, -0.1) is 0 Å². The number of hydrogen-bond donors (Lipinski definition) is 2. The van der Waals surface area contributed by atoms with Gasteiger partial charge in [-0.05, 0) is 87.1 Å². The van der Waals surface area contributed by atoms with Crippen LogP contribution in [0, 0.1) is 23.7 Å². The van der Waals surface area contributed by atoms with E-state index in [1.165, 1.54) is 50.5 Å². The minimum Gasteiger partial charge on any atom is -0.395 e. The first-order chi connectivity index (χ1) is 11.7. The predicted molar refractivity (Wildman–Crippen MR) is 96.8 cm³/mol. The van der Waals surface area contributed by atoms with Gasteiger partial charge in [0, 0.05) is 11.0 Å². The minimum absolute atomic E-state index is 0.0599. The third kappa shape index (κ3) is 2.45. The zero-order chi connectivity index (χ0) is 16.2. The monoisotopic (exact) mass is 325 g/mol. The zero-order valence-corrected chi connectivity index (χ0v) is 14.7. The van der Waals surface area contributed by atoms with Crippen LogP contribution in [0.2, 0.25) is 0 Å². The molecule has 24 heavy (non-hydrogen) atoms. The molecule has 4 bridgehead atoms. The van der Waals surface area contributed by atoms with E-state index < -0.39 is 0 Å². The SMILES string of the molecule is OC[C@@]1(c2ccccc2)C[C@@H]1CCNC12CC3CC(CC(C3)C1)C2. The molecule has 0 spiro atoms. The normalized spacial score (nSPS) is 45.5. The molecule has 130 valence electrons. The summed E-state index contributed by atoms with van der Waals surface area (Å²) in [6.07, 6.45) is 11.3. The van der Waals surface area contributed by atoms with Gasteiger partial charge in [-0.2, -0.15) is 0 Å². The van der Waals surface area contributed by atoms with Crippen molar-refractivity contribution in [3.05, 3.63) is 35.9 Å². The van der Waals surface area contributed by atoms with Crippen molar-refractivity contribution in [2.24, 2.45) is 23.7 Å². The van der Waals surface area contributed by atoms with Crippen LogP contribution < -0.4 is 5.32 Å². The molecular weight excluding hydrogens is 294 g/mol. The molecule has 2 N–H and O–H groups in total. The van der Waals surface area contributed by atoms with Crippen LogP contribution in [0.25, 0.3) is 0 Å². The van der Waals surface area contributed by atoms with E-state index in [1.54, 1.807) is 0 Å². The fourth-order valence-corrected chi connectivity index (χ4v) is 7.01. The largest absolute Gasteiger partial charge is 0.395 e. The van der Waals surface area contributed by atoms with Crippen LogP contribution in [0.4, 0.5) is 0 Å². The second-order valence-corrected chi connectivity index (χ2v) is 9.49. The molecule has 2 heteroatoms. The Morgan fingerprint density at radius 3 is 2.12 bits per heavy atom. The smallest absolute Gasteiger partial charge is 0.0530 e. The molecule has 5 aliphatic rings. The third-order valence-corrected chi connectivity index (χ3v) is 7.89. The van der Waals surface area contributed by atoms with E-state index in [9.17, 15) is 5.11 Å². The first kappa shape index (κ1) is 15.4. The maximum atomic E-state index is 9.99. The van der Waals surface area contributed by atoms with E-state index in [2.05, 4.69) is 35.6 Å². The minimum atomic E-state index is 0.0599. The van der Waals surface area contributed by atoms with Crippen molar-refractivity contribution < 1.29 is 5.11 Å². The van der Waals surface area contributed by atoms with Crippen molar-refractivity contribution in [3.8, 4) is 0 Å². The number of nitrogens with one attached hydrogen (secondary N) is 1. The maximum Gasteiger partial charge on any atom is 0.0530 e. The molecule has 2 atom stereocenters. The summed E-state index contributed by atoms with van der Waals surface area (Å²) in [4.78, 5) is 0. The standard InChI is InChI=1S/C22H31NO/c24-15-22(19-4-2-1-3-5-19)14-20(22)6-7-23-21-11-16-8-17(12-21)10-18(9-16)13-21/h1-5,16-18,20,23-24H,6-15H2/t16?,17?,18?,20-,21?,22+/m0/s1. The number of aliphatic hydroxyl groups excluding tert-OH is 1. The Morgan fingerprint density at radius 2 is 1.54 bits per heavy atom. The predicted octanol–water partition coefficient (Wildman–Crippen LogP) is 3.89. The Bertz CT molecular complexity index is 562. The molecule has 5 fully saturated rings. The molecule has 5 aliphatic carbocycles. The average Bonchev–Trinajstić information content (AvgIpc) is 3.29. The number of benzene rings is 1. The van der Waals surface area contributed by atoms with E-state index >= 15 is 0 Å². The topological polar surface area (TPSA) is 32.3 Å². The van der Waals surface area contributed by atoms with Crippen molar-refractivity contribution in [1.82, 2.24) is 5.32 Å². The van der Waals surface area contributed by atoms with Crippen LogP contribution in [-0.2, 0) is 5.41 Å². The van der Waals surface area contributed by atoms with Crippen molar-refractivity contribution >= 4 is 0 Å². The maximum absolute atomic E-state index is 9.99. The molecule has 5 saturated carbocycles. The Kier molecular flexibility index (Phi) is 3.58. The van der Waals surface area contributed by atoms with E-state index in [0.717, 1.165) is 30.7 Å². The summed E-state index contributed by atoms with van der Waals surface area (Å²) < 4.78 is 0. The summed E-state index contributed by atoms with van der Waals surface area (Å²) >= 11 is 0. The van der Waals surface area contributed by atoms with Gasteiger partial charge in [-0.25, -0.2) is 0 Å². The number of aliphatic hydroxyl groups is 1. The summed E-state index contributed by atoms with van der Waals surface area (Å²) in [5, 5.41) is 14.0. The van der Waals surface area contributed by atoms with Crippen LogP contribution >= 0.6 is 0 Å². The zero-order valence-electron chi connectivity index (χ0n) is 14.7. The Hall–Kier alpha value is -0.860. The third-order valence-electron chi connectivity index (χ3n) is 7.89. The molecule has 1 aromatic rings. The van der Waals surface area contributed by atoms with Crippen molar-refractivity contribution in [2.75, 3.05) is 13.2 Å². The average molecular weight is 325 g/mol. The highest BCUT2D eigenvalue weighted by molar-refractivity contribution is 5.33. The second kappa shape index (κ2) is 5.57. The van der Waals surface area contributed by atoms with Gasteiger partial charge in [0.05, 0.1) is 6.61 Å². The van der Waals surface area contributed by atoms with Crippen molar-refractivity contribution in [2.45, 2.75) is 62.3 Å². The summed E-state index contributed by atoms with van der Waals surface area (Å²) in [6.45, 7) is 1.45. The molecule has 0 heterocycles. The van der Waals surface area contributed by atoms with Crippen LogP contribution in [0.3, 0.4) is 0 Å². The number of hydrogen-bond acceptors (Lipinski definition) is 2. The van der Waals surface area contributed by atoms with Crippen molar-refractivity contribution in [3.63, 3.8) is 0 Å². The van der Waals surface area contributed by atoms with Gasteiger partial charge in [-0.1, -0.05) is 30.3 Å². The molecular formula is C22H31NO. The number of rotatable bonds is 6. The first-order valence-electron chi connectivity index (χ1n) is 10.1. The van der Waals surface area contributed by atoms with Gasteiger partial charge in [0.2, 0.25) is 0 Å². The fraction of sp³-hybridized carbons (Fsp3) is 0.727. The van der Waals surface area contributed by atoms with E-state index in [0.29, 0.717) is 18.1 Å². The van der Waals surface area contributed by atoms with Gasteiger partial charge < -0.3 is 10.4 Å². The molecule has 0 amide bonds. The van der Waals surface area contributed by atoms with Gasteiger partial charge in [0.15, 0.2) is 0 Å². The van der Waals surface area contributed by atoms with E-state index in [1.807, 2.05) is 0 Å². The molecule has 0 unspecified atom stereocenters. The lowest BCUT2D eigenvalue weighted by Gasteiger charge is -2.57. The fourth-order valence-electron chi connectivity index (χ4n) is 7.01. The highest BCUT2D eigenvalue weighted by Gasteiger charge is 2.55. The summed E-state index contributed by atoms with van der Waals surface area (Å²) in [6, 6.07) is 10.7. The van der Waals surface area contributed by atoms with Gasteiger partial charge in [0.1, 0.15) is 0 Å². The summed E-state index contributed by atoms with van der Waals surface area (Å²) in [5.74, 6) is 3.72. The molecule has 0 radical (unpaired) electrons. The van der Waals surface area contributed by atoms with Gasteiger partial charge >= 0.3 is 0 Å². The molecule has 1 aromatic carbocycles. The lowest BCUT2D eigenvalue weighted by Crippen LogP contribution is -2.58. The van der Waals surface area contributed by atoms with Crippen LogP contribution in [0.1, 0.15) is 56.9 Å². The van der Waals surface area contributed by atoms with Gasteiger partial charge in [-0.3, -0.25) is 0 Å². The molecule has 2 nitrogen and oxygen atoms in total. The highest BCUT2D eigenvalue weighted by atomic mass is 16.3. The Balaban J connectivity index is 1.19. The summed E-state index contributed by atoms with van der Waals surface area (Å²) in [7, 11) is 0. The molecule has 0 aromatic heterocycles. The molecule has 6 rings (SSSR count). The molecule has 0 saturated heterocycles. The van der Waals surface area contributed by atoms with Crippen LogP contribution in [0.5, 0.6) is 0 Å². The van der Waals surface area contributed by atoms with E-state index in [4.69, 9.17) is 0 Å². The second-order valence-electron chi connectivity index (χ2n) is 9.49. The lowest BCUT2D eigenvalue weighted by atomic mass is 9.53. The van der Waals surface area contributed by atoms with Crippen molar-refractivity contribution in [1.29, 1.82) is 0 Å². The Morgan fingerprint density at radius 1 is 0.917 bits per heavy atom. The lowest BCUT2D eigenvalue weighted by molar-refractivity contribution is -0.0197. The van der Waals surface area contributed by atoms with Crippen LogP contribution in [0.15, 0.2) is 30.3 Å². The molecule has 0 aliphatic heterocycles. The highest BCUT2D eigenvalue weighted by Crippen LogP contribution is 2.57. The van der Waals surface area contributed by atoms with Crippen LogP contribution in [-0.4, -0.2) is 23.8 Å². The van der Waals surface area contributed by atoms with E-state index in [-0.39, 0.29) is 5.41 Å². The van der Waals surface area contributed by atoms with Gasteiger partial charge in [0.25, 0.3) is 0 Å².